The molecule has 2 amide bonds. The Balaban J connectivity index is 1.40. The van der Waals surface area contributed by atoms with Crippen LogP contribution in [0.5, 0.6) is 0 Å². The monoisotopic (exact) mass is 457 g/mol. The summed E-state index contributed by atoms with van der Waals surface area (Å²) in [5.41, 5.74) is 0. The SMILES string of the molecule is CC(C)[C@@H](NC(=O)[C@@H]1CCOC1)c1nnc2n1CCN(C(=O)CSc1ccccc1)CC2. The van der Waals surface area contributed by atoms with E-state index in [0.29, 0.717) is 45.0 Å². The van der Waals surface area contributed by atoms with Gasteiger partial charge in [0, 0.05) is 37.6 Å². The number of carbonyl (C=O) groups excluding carboxylic acids is 2. The summed E-state index contributed by atoms with van der Waals surface area (Å²) in [5, 5.41) is 12.0. The quantitative estimate of drug-likeness (QED) is 0.642. The van der Waals surface area contributed by atoms with Gasteiger partial charge in [0.05, 0.1) is 24.3 Å². The zero-order valence-electron chi connectivity index (χ0n) is 18.7. The summed E-state index contributed by atoms with van der Waals surface area (Å²) in [7, 11) is 0. The molecule has 1 N–H and O–H groups in total. The minimum Gasteiger partial charge on any atom is -0.381 e. The van der Waals surface area contributed by atoms with Crippen LogP contribution < -0.4 is 5.32 Å². The zero-order valence-corrected chi connectivity index (χ0v) is 19.5. The predicted octanol–water partition coefficient (Wildman–Crippen LogP) is 2.30. The van der Waals surface area contributed by atoms with Crippen molar-refractivity contribution in [2.45, 2.75) is 44.2 Å². The molecule has 9 heteroatoms. The van der Waals surface area contributed by atoms with Gasteiger partial charge >= 0.3 is 0 Å². The number of hydrogen-bond donors (Lipinski definition) is 1. The van der Waals surface area contributed by atoms with Gasteiger partial charge in [0.25, 0.3) is 0 Å². The van der Waals surface area contributed by atoms with Crippen LogP contribution in [0.2, 0.25) is 0 Å². The van der Waals surface area contributed by atoms with Gasteiger partial charge in [0.2, 0.25) is 11.8 Å². The third-order valence-corrected chi connectivity index (χ3v) is 7.05. The number of fused-ring (bicyclic) bond motifs is 1. The van der Waals surface area contributed by atoms with Crippen molar-refractivity contribution in [2.75, 3.05) is 32.1 Å². The van der Waals surface area contributed by atoms with Crippen molar-refractivity contribution in [2.24, 2.45) is 11.8 Å². The fraction of sp³-hybridized carbons (Fsp3) is 0.565. The topological polar surface area (TPSA) is 89.3 Å². The van der Waals surface area contributed by atoms with E-state index in [1.165, 1.54) is 0 Å². The van der Waals surface area contributed by atoms with Gasteiger partial charge in [0.15, 0.2) is 5.82 Å². The number of nitrogens with zero attached hydrogens (tertiary/aromatic N) is 4. The maximum atomic E-state index is 12.8. The van der Waals surface area contributed by atoms with Crippen molar-refractivity contribution in [3.63, 3.8) is 0 Å². The first kappa shape index (κ1) is 22.8. The van der Waals surface area contributed by atoms with E-state index in [-0.39, 0.29) is 29.7 Å². The predicted molar refractivity (Wildman–Crippen MR) is 122 cm³/mol. The van der Waals surface area contributed by atoms with Crippen LogP contribution in [0, 0.1) is 11.8 Å². The van der Waals surface area contributed by atoms with Crippen molar-refractivity contribution >= 4 is 23.6 Å². The number of ether oxygens (including phenoxy) is 1. The summed E-state index contributed by atoms with van der Waals surface area (Å²) in [5.74, 6) is 2.28. The van der Waals surface area contributed by atoms with E-state index in [0.717, 1.165) is 23.0 Å². The molecule has 8 nitrogen and oxygen atoms in total. The minimum absolute atomic E-state index is 0.0157. The number of nitrogens with one attached hydrogen (secondary N) is 1. The molecule has 172 valence electrons. The second-order valence-corrected chi connectivity index (χ2v) is 9.70. The van der Waals surface area contributed by atoms with E-state index >= 15 is 0 Å². The summed E-state index contributed by atoms with van der Waals surface area (Å²) in [6.45, 7) is 7.14. The molecule has 32 heavy (non-hydrogen) atoms. The fourth-order valence-electron chi connectivity index (χ4n) is 4.12. The van der Waals surface area contributed by atoms with Gasteiger partial charge in [-0.2, -0.15) is 0 Å². The number of carbonyl (C=O) groups is 2. The van der Waals surface area contributed by atoms with Crippen molar-refractivity contribution in [1.82, 2.24) is 25.0 Å². The smallest absolute Gasteiger partial charge is 0.233 e. The van der Waals surface area contributed by atoms with Crippen LogP contribution in [0.15, 0.2) is 35.2 Å². The third-order valence-electron chi connectivity index (χ3n) is 6.06. The first-order valence-electron chi connectivity index (χ1n) is 11.3. The lowest BCUT2D eigenvalue weighted by atomic mass is 10.0. The molecule has 1 fully saturated rings. The first-order valence-corrected chi connectivity index (χ1v) is 12.3. The van der Waals surface area contributed by atoms with Gasteiger partial charge in [0.1, 0.15) is 5.82 Å². The highest BCUT2D eigenvalue weighted by molar-refractivity contribution is 8.00. The first-order chi connectivity index (χ1) is 15.5. The molecular weight excluding hydrogens is 426 g/mol. The molecule has 4 rings (SSSR count). The largest absolute Gasteiger partial charge is 0.381 e. The molecule has 0 spiro atoms. The Hall–Kier alpha value is -2.39. The molecule has 0 aliphatic carbocycles. The third kappa shape index (κ3) is 5.32. The summed E-state index contributed by atoms with van der Waals surface area (Å²) in [6, 6.07) is 9.76. The Bertz CT molecular complexity index is 927. The molecule has 2 atom stereocenters. The molecule has 0 unspecified atom stereocenters. The van der Waals surface area contributed by atoms with Crippen LogP contribution >= 0.6 is 11.8 Å². The van der Waals surface area contributed by atoms with Crippen molar-refractivity contribution in [3.8, 4) is 0 Å². The Morgan fingerprint density at radius 2 is 2.00 bits per heavy atom. The molecule has 1 aromatic carbocycles. The molecular formula is C23H31N5O3S. The van der Waals surface area contributed by atoms with E-state index in [1.807, 2.05) is 35.2 Å². The lowest BCUT2D eigenvalue weighted by Crippen LogP contribution is -2.38. The second kappa shape index (κ2) is 10.5. The number of benzene rings is 1. The zero-order chi connectivity index (χ0) is 22.5. The van der Waals surface area contributed by atoms with Crippen molar-refractivity contribution in [1.29, 1.82) is 0 Å². The fourth-order valence-corrected chi connectivity index (χ4v) is 4.94. The van der Waals surface area contributed by atoms with Crippen LogP contribution in [0.1, 0.15) is 38.0 Å². The standard InChI is InChI=1S/C23H31N5O3S/c1-16(2)21(24-23(30)17-9-13-31-14-17)22-26-25-19-8-10-27(11-12-28(19)22)20(29)15-32-18-6-4-3-5-7-18/h3-7,16-17,21H,8-15H2,1-2H3,(H,24,30)/t17-,21-/m1/s1. The van der Waals surface area contributed by atoms with E-state index in [9.17, 15) is 9.59 Å². The normalized spacial score (nSPS) is 19.5. The Morgan fingerprint density at radius 3 is 2.72 bits per heavy atom. The maximum Gasteiger partial charge on any atom is 0.233 e. The van der Waals surface area contributed by atoms with Gasteiger partial charge in [-0.05, 0) is 24.5 Å². The lowest BCUT2D eigenvalue weighted by Gasteiger charge is -2.24. The maximum absolute atomic E-state index is 12.8. The number of thioether (sulfide) groups is 1. The molecule has 2 aliphatic heterocycles. The van der Waals surface area contributed by atoms with Gasteiger partial charge < -0.3 is 19.5 Å². The molecule has 0 radical (unpaired) electrons. The minimum atomic E-state index is -0.222. The van der Waals surface area contributed by atoms with Gasteiger partial charge in [-0.25, -0.2) is 0 Å². The van der Waals surface area contributed by atoms with E-state index in [4.69, 9.17) is 4.74 Å². The van der Waals surface area contributed by atoms with Gasteiger partial charge in [-0.1, -0.05) is 32.0 Å². The van der Waals surface area contributed by atoms with Crippen LogP contribution in [-0.4, -0.2) is 63.5 Å². The summed E-state index contributed by atoms with van der Waals surface area (Å²) >= 11 is 1.56. The van der Waals surface area contributed by atoms with E-state index < -0.39 is 0 Å². The molecule has 1 aromatic heterocycles. The second-order valence-electron chi connectivity index (χ2n) is 8.65. The Kier molecular flexibility index (Phi) is 7.47. The number of hydrogen-bond acceptors (Lipinski definition) is 6. The summed E-state index contributed by atoms with van der Waals surface area (Å²) < 4.78 is 7.46. The van der Waals surface area contributed by atoms with E-state index in [1.54, 1.807) is 11.8 Å². The molecule has 1 saturated heterocycles. The van der Waals surface area contributed by atoms with Gasteiger partial charge in [-0.15, -0.1) is 22.0 Å². The average Bonchev–Trinajstić information content (AvgIpc) is 3.42. The van der Waals surface area contributed by atoms with Crippen LogP contribution in [0.4, 0.5) is 0 Å². The van der Waals surface area contributed by atoms with Crippen LogP contribution in [0.3, 0.4) is 0 Å². The molecule has 3 heterocycles. The number of rotatable bonds is 7. The lowest BCUT2D eigenvalue weighted by molar-refractivity contribution is -0.128. The number of amides is 2. The molecule has 0 bridgehead atoms. The summed E-state index contributed by atoms with van der Waals surface area (Å²) in [4.78, 5) is 28.5. The van der Waals surface area contributed by atoms with Crippen LogP contribution in [-0.2, 0) is 27.3 Å². The van der Waals surface area contributed by atoms with Crippen LogP contribution in [0.25, 0.3) is 0 Å². The highest BCUT2D eigenvalue weighted by Gasteiger charge is 2.31. The average molecular weight is 458 g/mol. The van der Waals surface area contributed by atoms with Gasteiger partial charge in [-0.3, -0.25) is 9.59 Å². The Labute approximate surface area is 193 Å². The van der Waals surface area contributed by atoms with E-state index in [2.05, 4.69) is 33.9 Å². The molecule has 2 aromatic rings. The van der Waals surface area contributed by atoms with Crippen molar-refractivity contribution in [3.05, 3.63) is 42.0 Å². The highest BCUT2D eigenvalue weighted by atomic mass is 32.2. The number of aromatic nitrogens is 3. The molecule has 2 aliphatic rings. The highest BCUT2D eigenvalue weighted by Crippen LogP contribution is 2.25. The van der Waals surface area contributed by atoms with Crippen molar-refractivity contribution < 1.29 is 14.3 Å². The summed E-state index contributed by atoms with van der Waals surface area (Å²) in [6.07, 6.45) is 1.41. The molecule has 0 saturated carbocycles. The Morgan fingerprint density at radius 1 is 1.19 bits per heavy atom.